The van der Waals surface area contributed by atoms with Gasteiger partial charge in [-0.05, 0) is 44.5 Å². The minimum Gasteiger partial charge on any atom is -0.444 e. The number of aliphatic imine (C=N–C) groups is 1. The molecule has 37 heavy (non-hydrogen) atoms. The van der Waals surface area contributed by atoms with Crippen molar-refractivity contribution in [1.82, 2.24) is 5.32 Å². The molecule has 0 radical (unpaired) electrons. The molecule has 2 fully saturated rings. The van der Waals surface area contributed by atoms with Gasteiger partial charge in [0.25, 0.3) is 5.91 Å². The van der Waals surface area contributed by atoms with Crippen molar-refractivity contribution in [2.24, 2.45) is 4.99 Å². The van der Waals surface area contributed by atoms with Gasteiger partial charge in [-0.1, -0.05) is 53.7 Å². The van der Waals surface area contributed by atoms with Crippen molar-refractivity contribution in [3.63, 3.8) is 0 Å². The monoisotopic (exact) mass is 567 g/mol. The Labute approximate surface area is 224 Å². The second-order valence-electron chi connectivity index (χ2n) is 9.89. The third kappa shape index (κ3) is 6.82. The fourth-order valence-electron chi connectivity index (χ4n) is 4.17. The van der Waals surface area contributed by atoms with Crippen molar-refractivity contribution in [3.05, 3.63) is 64.9 Å². The van der Waals surface area contributed by atoms with Gasteiger partial charge in [-0.15, -0.1) is 0 Å². The minimum atomic E-state index is -3.29. The van der Waals surface area contributed by atoms with E-state index in [4.69, 9.17) is 16.3 Å². The van der Waals surface area contributed by atoms with Crippen molar-refractivity contribution in [3.8, 4) is 0 Å². The summed E-state index contributed by atoms with van der Waals surface area (Å²) in [5.74, 6) is -1.44. The topological polar surface area (TPSA) is 105 Å². The van der Waals surface area contributed by atoms with E-state index in [9.17, 15) is 22.4 Å². The van der Waals surface area contributed by atoms with E-state index in [1.54, 1.807) is 25.7 Å². The van der Waals surface area contributed by atoms with Gasteiger partial charge in [-0.2, -0.15) is 4.99 Å². The molecule has 12 heteroatoms. The van der Waals surface area contributed by atoms with Crippen molar-refractivity contribution in [2.45, 2.75) is 50.1 Å². The fourth-order valence-corrected chi connectivity index (χ4v) is 8.27. The second-order valence-corrected chi connectivity index (χ2v) is 13.7. The van der Waals surface area contributed by atoms with E-state index in [1.165, 1.54) is 30.0 Å². The first-order chi connectivity index (χ1) is 17.3. The summed E-state index contributed by atoms with van der Waals surface area (Å²) < 4.78 is 43.8. The Kier molecular flexibility index (Phi) is 7.87. The maximum Gasteiger partial charge on any atom is 0.408 e. The van der Waals surface area contributed by atoms with Gasteiger partial charge in [0, 0.05) is 17.4 Å². The molecule has 0 bridgehead atoms. The van der Waals surface area contributed by atoms with Crippen molar-refractivity contribution in [2.75, 3.05) is 16.4 Å². The molecular weight excluding hydrogens is 541 g/mol. The molecule has 2 aliphatic rings. The van der Waals surface area contributed by atoms with Crippen LogP contribution in [0, 0.1) is 5.82 Å². The number of fused-ring (bicyclic) bond motifs is 1. The Morgan fingerprint density at radius 1 is 1.22 bits per heavy atom. The van der Waals surface area contributed by atoms with Gasteiger partial charge < -0.3 is 15.0 Å². The summed E-state index contributed by atoms with van der Waals surface area (Å²) in [4.78, 5) is 31.9. The van der Waals surface area contributed by atoms with Gasteiger partial charge in [0.15, 0.2) is 15.0 Å². The number of carbonyl (C=O) groups is 2. The number of nitrogens with one attached hydrogen (secondary N) is 1. The molecule has 8 nitrogen and oxygen atoms in total. The number of halogens is 2. The third-order valence-corrected chi connectivity index (χ3v) is 9.22. The Bertz CT molecular complexity index is 1330. The van der Waals surface area contributed by atoms with E-state index in [-0.39, 0.29) is 33.4 Å². The Hall–Kier alpha value is -2.63. The van der Waals surface area contributed by atoms with Crippen LogP contribution in [0.25, 0.3) is 0 Å². The van der Waals surface area contributed by atoms with Crippen LogP contribution in [0.2, 0.25) is 5.02 Å². The van der Waals surface area contributed by atoms with Crippen LogP contribution in [0.1, 0.15) is 26.3 Å². The number of amides is 2. The van der Waals surface area contributed by atoms with Crippen LogP contribution in [-0.2, 0) is 25.8 Å². The standard InChI is InChI=1S/C25H27ClFN3O5S2/c1-25(2,3)35-24(32)28-19(11-15-7-5-4-6-8-15)22(31)29-23-30(16-9-10-18(27)17(26)12-16)20-13-37(33,34)14-21(20)36-23/h4-10,12,19-21H,11,13-14H2,1-3H3,(H,28,32)/t19-,20-,21-/m1/s1. The Morgan fingerprint density at radius 3 is 2.57 bits per heavy atom. The van der Waals surface area contributed by atoms with E-state index < -0.39 is 45.3 Å². The normalized spacial score (nSPS) is 22.5. The van der Waals surface area contributed by atoms with Crippen LogP contribution >= 0.6 is 23.4 Å². The molecule has 3 atom stereocenters. The smallest absolute Gasteiger partial charge is 0.408 e. The number of ether oxygens (including phenoxy) is 1. The third-order valence-electron chi connectivity index (χ3n) is 5.73. The molecule has 2 saturated heterocycles. The molecule has 2 aliphatic heterocycles. The van der Waals surface area contributed by atoms with Crippen LogP contribution in [0.5, 0.6) is 0 Å². The number of thioether (sulfide) groups is 1. The van der Waals surface area contributed by atoms with Gasteiger partial charge in [-0.25, -0.2) is 17.6 Å². The van der Waals surface area contributed by atoms with Gasteiger partial charge in [0.1, 0.15) is 17.5 Å². The molecule has 0 aromatic heterocycles. The Morgan fingerprint density at radius 2 is 1.92 bits per heavy atom. The van der Waals surface area contributed by atoms with Gasteiger partial charge in [0.05, 0.1) is 22.6 Å². The van der Waals surface area contributed by atoms with E-state index in [1.807, 2.05) is 30.3 Å². The summed E-state index contributed by atoms with van der Waals surface area (Å²) in [7, 11) is -3.29. The Balaban J connectivity index is 1.66. The fraction of sp³-hybridized carbons (Fsp3) is 0.400. The number of alkyl carbamates (subject to hydrolysis) is 1. The molecule has 2 aromatic rings. The molecule has 2 aromatic carbocycles. The highest BCUT2D eigenvalue weighted by molar-refractivity contribution is 8.16. The number of hydrogen-bond donors (Lipinski definition) is 1. The number of rotatable bonds is 5. The quantitative estimate of drug-likeness (QED) is 0.577. The van der Waals surface area contributed by atoms with Crippen molar-refractivity contribution in [1.29, 1.82) is 0 Å². The first-order valence-corrected chi connectivity index (χ1v) is 14.7. The molecular formula is C25H27ClFN3O5S2. The van der Waals surface area contributed by atoms with Crippen LogP contribution in [0.4, 0.5) is 14.9 Å². The number of sulfone groups is 1. The van der Waals surface area contributed by atoms with Gasteiger partial charge >= 0.3 is 6.09 Å². The molecule has 1 N–H and O–H groups in total. The molecule has 198 valence electrons. The van der Waals surface area contributed by atoms with Crippen molar-refractivity contribution < 1.29 is 27.1 Å². The highest BCUT2D eigenvalue weighted by Gasteiger charge is 2.49. The lowest BCUT2D eigenvalue weighted by Gasteiger charge is -2.25. The number of benzene rings is 2. The summed E-state index contributed by atoms with van der Waals surface area (Å²) in [5, 5.41) is 2.40. The first-order valence-electron chi connectivity index (χ1n) is 11.6. The molecule has 0 spiro atoms. The maximum absolute atomic E-state index is 13.8. The molecule has 0 aliphatic carbocycles. The van der Waals surface area contributed by atoms with E-state index in [0.717, 1.165) is 5.56 Å². The predicted molar refractivity (Wildman–Crippen MR) is 143 cm³/mol. The van der Waals surface area contributed by atoms with Crippen LogP contribution < -0.4 is 10.2 Å². The zero-order chi connectivity index (χ0) is 27.0. The number of amidine groups is 1. The number of nitrogens with zero attached hydrogens (tertiary/aromatic N) is 2. The average Bonchev–Trinajstić information content (AvgIpc) is 3.25. The maximum atomic E-state index is 13.8. The number of hydrogen-bond acceptors (Lipinski definition) is 6. The summed E-state index contributed by atoms with van der Waals surface area (Å²) in [6.07, 6.45) is -0.588. The highest BCUT2D eigenvalue weighted by atomic mass is 35.5. The van der Waals surface area contributed by atoms with E-state index >= 15 is 0 Å². The molecule has 4 rings (SSSR count). The van der Waals surface area contributed by atoms with E-state index in [0.29, 0.717) is 5.69 Å². The summed E-state index contributed by atoms with van der Waals surface area (Å²) in [6, 6.07) is 11.7. The number of anilines is 1. The SMILES string of the molecule is CC(C)(C)OC(=O)N[C@H](Cc1ccccc1)C(=O)N=C1S[C@@H]2CS(=O)(=O)C[C@H]2N1c1ccc(F)c(Cl)c1. The molecule has 0 unspecified atom stereocenters. The van der Waals surface area contributed by atoms with Crippen molar-refractivity contribution >= 4 is 56.1 Å². The molecule has 2 heterocycles. The lowest BCUT2D eigenvalue weighted by Crippen LogP contribution is -2.45. The molecule has 0 saturated carbocycles. The first kappa shape index (κ1) is 27.4. The summed E-state index contributed by atoms with van der Waals surface area (Å²) in [5.41, 5.74) is 0.468. The molecule has 2 amide bonds. The lowest BCUT2D eigenvalue weighted by atomic mass is 10.1. The largest absolute Gasteiger partial charge is 0.444 e. The summed E-state index contributed by atoms with van der Waals surface area (Å²) >= 11 is 7.17. The summed E-state index contributed by atoms with van der Waals surface area (Å²) in [6.45, 7) is 5.15. The van der Waals surface area contributed by atoms with Crippen LogP contribution in [-0.4, -0.2) is 60.0 Å². The van der Waals surface area contributed by atoms with Gasteiger partial charge in [0.2, 0.25) is 0 Å². The van der Waals surface area contributed by atoms with E-state index in [2.05, 4.69) is 10.3 Å². The lowest BCUT2D eigenvalue weighted by molar-refractivity contribution is -0.119. The van der Waals surface area contributed by atoms with Crippen LogP contribution in [0.15, 0.2) is 53.5 Å². The van der Waals surface area contributed by atoms with Gasteiger partial charge in [-0.3, -0.25) is 4.79 Å². The highest BCUT2D eigenvalue weighted by Crippen LogP contribution is 2.41. The van der Waals surface area contributed by atoms with Crippen LogP contribution in [0.3, 0.4) is 0 Å². The zero-order valence-corrected chi connectivity index (χ0v) is 22.9. The predicted octanol–water partition coefficient (Wildman–Crippen LogP) is 4.22. The minimum absolute atomic E-state index is 0.0649. The zero-order valence-electron chi connectivity index (χ0n) is 20.5. The second kappa shape index (κ2) is 10.6. The average molecular weight is 568 g/mol. The number of carbonyl (C=O) groups excluding carboxylic acids is 2.